The number of rotatable bonds is 4. The summed E-state index contributed by atoms with van der Waals surface area (Å²) in [7, 11) is -3.77. The molecule has 2 aromatic rings. The van der Waals surface area contributed by atoms with Crippen molar-refractivity contribution in [2.24, 2.45) is 0 Å². The quantitative estimate of drug-likeness (QED) is 0.756. The Morgan fingerprint density at radius 2 is 2.14 bits per heavy atom. The van der Waals surface area contributed by atoms with Crippen molar-refractivity contribution in [1.29, 1.82) is 0 Å². The van der Waals surface area contributed by atoms with Crippen molar-refractivity contribution in [3.05, 3.63) is 37.7 Å². The van der Waals surface area contributed by atoms with E-state index in [0.29, 0.717) is 9.48 Å². The number of nitrogen functional groups attached to an aromatic ring is 1. The number of aromatic nitrogens is 1. The summed E-state index contributed by atoms with van der Waals surface area (Å²) in [6.07, 6.45) is 1.71. The number of nitrogens with one attached hydrogen (secondary N) is 1. The molecule has 0 aliphatic carbocycles. The molecule has 0 saturated heterocycles. The van der Waals surface area contributed by atoms with Gasteiger partial charge in [0, 0.05) is 21.8 Å². The second-order valence-corrected chi connectivity index (χ2v) is 8.64. The molecule has 0 bridgehead atoms. The Kier molecular flexibility index (Phi) is 4.94. The van der Waals surface area contributed by atoms with Crippen molar-refractivity contribution < 1.29 is 8.42 Å². The van der Waals surface area contributed by atoms with E-state index in [-0.39, 0.29) is 15.6 Å². The molecule has 1 aromatic carbocycles. The van der Waals surface area contributed by atoms with Crippen LogP contribution in [0.2, 0.25) is 5.02 Å². The number of benzene rings is 1. The second-order valence-electron chi connectivity index (χ2n) is 4.46. The van der Waals surface area contributed by atoms with Crippen LogP contribution in [0.25, 0.3) is 0 Å². The first-order valence-electron chi connectivity index (χ1n) is 5.90. The van der Waals surface area contributed by atoms with Crippen LogP contribution in [-0.2, 0) is 10.0 Å². The van der Waals surface area contributed by atoms with E-state index in [9.17, 15) is 8.42 Å². The zero-order chi connectivity index (χ0) is 15.8. The largest absolute Gasteiger partial charge is 0.398 e. The number of nitrogens with zero attached hydrogens (tertiary/aromatic N) is 1. The van der Waals surface area contributed by atoms with Crippen LogP contribution in [0.4, 0.5) is 5.69 Å². The van der Waals surface area contributed by atoms with E-state index in [1.165, 1.54) is 23.5 Å². The van der Waals surface area contributed by atoms with Crippen molar-refractivity contribution in [2.75, 3.05) is 5.73 Å². The van der Waals surface area contributed by atoms with Gasteiger partial charge in [0.1, 0.15) is 5.01 Å². The molecule has 1 heterocycles. The topological polar surface area (TPSA) is 85.1 Å². The molecule has 1 atom stereocenters. The molecule has 1 unspecified atom stereocenters. The van der Waals surface area contributed by atoms with Crippen LogP contribution in [0.15, 0.2) is 27.7 Å². The molecule has 0 fully saturated rings. The third-order valence-corrected chi connectivity index (χ3v) is 6.69. The number of hydrogen-bond donors (Lipinski definition) is 2. The minimum atomic E-state index is -3.77. The number of hydrogen-bond acceptors (Lipinski definition) is 5. The summed E-state index contributed by atoms with van der Waals surface area (Å²) in [6, 6.07) is 2.39. The predicted molar refractivity (Wildman–Crippen MR) is 89.2 cm³/mol. The smallest absolute Gasteiger partial charge is 0.242 e. The Balaban J connectivity index is 2.35. The number of halogens is 2. The first-order valence-corrected chi connectivity index (χ1v) is 9.37. The third kappa shape index (κ3) is 3.75. The lowest BCUT2D eigenvalue weighted by Gasteiger charge is -2.14. The summed E-state index contributed by atoms with van der Waals surface area (Å²) in [6.45, 7) is 3.65. The summed E-state index contributed by atoms with van der Waals surface area (Å²) in [5, 5.41) is 0.955. The summed E-state index contributed by atoms with van der Waals surface area (Å²) in [5.74, 6) is 0. The molecule has 21 heavy (non-hydrogen) atoms. The van der Waals surface area contributed by atoms with E-state index in [2.05, 4.69) is 25.6 Å². The van der Waals surface area contributed by atoms with E-state index in [4.69, 9.17) is 17.3 Å². The lowest BCUT2D eigenvalue weighted by Crippen LogP contribution is -2.27. The van der Waals surface area contributed by atoms with Crippen molar-refractivity contribution >= 4 is 54.6 Å². The molecule has 114 valence electrons. The Bertz CT molecular complexity index is 777. The van der Waals surface area contributed by atoms with Gasteiger partial charge >= 0.3 is 0 Å². The van der Waals surface area contributed by atoms with Crippen LogP contribution < -0.4 is 10.5 Å². The average Bonchev–Trinajstić information content (AvgIpc) is 2.80. The van der Waals surface area contributed by atoms with Crippen molar-refractivity contribution in [3.8, 4) is 0 Å². The van der Waals surface area contributed by atoms with Crippen LogP contribution in [-0.4, -0.2) is 13.4 Å². The molecule has 3 N–H and O–H groups in total. The summed E-state index contributed by atoms with van der Waals surface area (Å²) in [4.78, 5) is 5.21. The van der Waals surface area contributed by atoms with Gasteiger partial charge in [-0.1, -0.05) is 11.6 Å². The highest BCUT2D eigenvalue weighted by Gasteiger charge is 2.24. The lowest BCUT2D eigenvalue weighted by molar-refractivity contribution is 0.566. The summed E-state index contributed by atoms with van der Waals surface area (Å²) < 4.78 is 27.8. The fraction of sp³-hybridized carbons (Fsp3) is 0.250. The maximum absolute atomic E-state index is 12.5. The van der Waals surface area contributed by atoms with Crippen LogP contribution in [0.3, 0.4) is 0 Å². The minimum Gasteiger partial charge on any atom is -0.398 e. The zero-order valence-electron chi connectivity index (χ0n) is 11.2. The highest BCUT2D eigenvalue weighted by atomic mass is 79.9. The van der Waals surface area contributed by atoms with Gasteiger partial charge in [-0.15, -0.1) is 11.3 Å². The molecule has 9 heteroatoms. The second kappa shape index (κ2) is 6.21. The molecule has 0 radical (unpaired) electrons. The molecule has 2 rings (SSSR count). The van der Waals surface area contributed by atoms with Crippen molar-refractivity contribution in [3.63, 3.8) is 0 Å². The molecule has 1 aromatic heterocycles. The SMILES string of the molecule is Cc1cnc(C(C)NS(=O)(=O)c2cc(Cl)cc(N)c2Br)s1. The monoisotopic (exact) mass is 409 g/mol. The van der Waals surface area contributed by atoms with Crippen LogP contribution in [0.1, 0.15) is 22.9 Å². The van der Waals surface area contributed by atoms with E-state index in [1.54, 1.807) is 13.1 Å². The number of sulfonamides is 1. The molecule has 5 nitrogen and oxygen atoms in total. The van der Waals surface area contributed by atoms with Crippen LogP contribution in [0, 0.1) is 6.92 Å². The first-order chi connectivity index (χ1) is 9.70. The fourth-order valence-corrected chi connectivity index (χ4v) is 5.05. The fourth-order valence-electron chi connectivity index (χ4n) is 1.70. The van der Waals surface area contributed by atoms with Gasteiger partial charge in [0.15, 0.2) is 0 Å². The van der Waals surface area contributed by atoms with Crippen LogP contribution in [0.5, 0.6) is 0 Å². The molecule has 0 saturated carbocycles. The molecule has 0 aliphatic rings. The van der Waals surface area contributed by atoms with E-state index in [1.807, 2.05) is 6.92 Å². The standard InChI is InChI=1S/C12H13BrClN3O2S2/c1-6-5-16-12(20-6)7(2)17-21(18,19)10-4-8(14)3-9(15)11(10)13/h3-5,7,17H,15H2,1-2H3. The maximum atomic E-state index is 12.5. The molecular formula is C12H13BrClN3O2S2. The van der Waals surface area contributed by atoms with Gasteiger partial charge in [-0.25, -0.2) is 18.1 Å². The van der Waals surface area contributed by atoms with Crippen molar-refractivity contribution in [1.82, 2.24) is 9.71 Å². The van der Waals surface area contributed by atoms with Gasteiger partial charge < -0.3 is 5.73 Å². The van der Waals surface area contributed by atoms with Gasteiger partial charge in [0.05, 0.1) is 15.4 Å². The van der Waals surface area contributed by atoms with Gasteiger partial charge in [-0.2, -0.15) is 0 Å². The van der Waals surface area contributed by atoms with Gasteiger partial charge in [-0.05, 0) is 41.9 Å². The van der Waals surface area contributed by atoms with Crippen LogP contribution >= 0.6 is 38.9 Å². The Labute approximate surface area is 140 Å². The van der Waals surface area contributed by atoms with E-state index >= 15 is 0 Å². The Morgan fingerprint density at radius 1 is 1.48 bits per heavy atom. The normalized spacial score (nSPS) is 13.3. The summed E-state index contributed by atoms with van der Waals surface area (Å²) >= 11 is 10.5. The molecular weight excluding hydrogens is 398 g/mol. The lowest BCUT2D eigenvalue weighted by atomic mass is 10.3. The summed E-state index contributed by atoms with van der Waals surface area (Å²) in [5.41, 5.74) is 5.99. The number of thiazole rings is 1. The van der Waals surface area contributed by atoms with Gasteiger partial charge in [-0.3, -0.25) is 0 Å². The molecule has 0 aliphatic heterocycles. The Hall–Kier alpha value is -0.670. The van der Waals surface area contributed by atoms with Crippen molar-refractivity contribution in [2.45, 2.75) is 24.8 Å². The molecule has 0 amide bonds. The minimum absolute atomic E-state index is 0.00706. The van der Waals surface area contributed by atoms with E-state index in [0.717, 1.165) is 4.88 Å². The van der Waals surface area contributed by atoms with Gasteiger partial charge in [0.25, 0.3) is 0 Å². The predicted octanol–water partition coefficient (Wildman–Crippen LogP) is 3.49. The maximum Gasteiger partial charge on any atom is 0.242 e. The van der Waals surface area contributed by atoms with Gasteiger partial charge in [0.2, 0.25) is 10.0 Å². The number of nitrogens with two attached hydrogens (primary N) is 1. The molecule has 0 spiro atoms. The third-order valence-electron chi connectivity index (χ3n) is 2.66. The first kappa shape index (κ1) is 16.7. The average molecular weight is 411 g/mol. The number of aryl methyl sites for hydroxylation is 1. The highest BCUT2D eigenvalue weighted by molar-refractivity contribution is 9.10. The number of anilines is 1. The highest BCUT2D eigenvalue weighted by Crippen LogP contribution is 2.32. The zero-order valence-corrected chi connectivity index (χ0v) is 15.2. The van der Waals surface area contributed by atoms with E-state index < -0.39 is 16.1 Å². The Morgan fingerprint density at radius 3 is 2.71 bits per heavy atom.